The fourth-order valence-electron chi connectivity index (χ4n) is 4.02. The molecule has 0 saturated heterocycles. The Morgan fingerprint density at radius 3 is 2.38 bits per heavy atom. The number of benzene rings is 3. The lowest BCUT2D eigenvalue weighted by atomic mass is 10.1. The number of para-hydroxylation sites is 1. The molecule has 0 aliphatic rings. The van der Waals surface area contributed by atoms with E-state index < -0.39 is 5.91 Å². The quantitative estimate of drug-likeness (QED) is 0.155. The molecule has 1 heterocycles. The summed E-state index contributed by atoms with van der Waals surface area (Å²) in [5.74, 6) is 0.681. The van der Waals surface area contributed by atoms with Gasteiger partial charge in [0.2, 0.25) is 0 Å². The highest BCUT2D eigenvalue weighted by atomic mass is 79.9. The number of nitrogens with one attached hydrogen (secondary N) is 3. The van der Waals surface area contributed by atoms with E-state index in [0.717, 1.165) is 33.7 Å². The molecule has 10 heteroatoms. The lowest BCUT2D eigenvalue weighted by molar-refractivity contribution is -0.123. The predicted octanol–water partition coefficient (Wildman–Crippen LogP) is 5.31. The van der Waals surface area contributed by atoms with E-state index in [4.69, 9.17) is 21.7 Å². The van der Waals surface area contributed by atoms with Crippen LogP contribution in [0.1, 0.15) is 23.0 Å². The number of methoxy groups -OCH3 is 1. The number of hydrogen-bond acceptors (Lipinski definition) is 5. The number of ketones is 1. The van der Waals surface area contributed by atoms with Crippen LogP contribution in [0.4, 0.5) is 5.69 Å². The van der Waals surface area contributed by atoms with Crippen molar-refractivity contribution in [3.8, 4) is 17.2 Å². The van der Waals surface area contributed by atoms with E-state index in [9.17, 15) is 9.59 Å². The van der Waals surface area contributed by atoms with Crippen LogP contribution in [0.25, 0.3) is 16.6 Å². The van der Waals surface area contributed by atoms with Crippen LogP contribution in [-0.2, 0) is 4.79 Å². The number of nitrogens with zero attached hydrogens (tertiary/aromatic N) is 1. The standard InChI is InChI=1S/C27H25BrN4O4S/c1-16-26(17(2)33)21-13-24(22(28)14-23(21)32(16)19-9-11-20(35-3)12-10-19)36-15-25(34)30-31-27(37)29-18-7-5-4-6-8-18/h4-14H,15H2,1-3H3,(H,30,34)(H2,29,31,37). The molecule has 4 aromatic rings. The summed E-state index contributed by atoms with van der Waals surface area (Å²) in [6, 6.07) is 20.6. The third-order valence-corrected chi connectivity index (χ3v) is 6.47. The maximum atomic E-state index is 12.6. The Morgan fingerprint density at radius 1 is 1.03 bits per heavy atom. The van der Waals surface area contributed by atoms with E-state index >= 15 is 0 Å². The number of carbonyl (C=O) groups is 2. The molecule has 0 atom stereocenters. The first-order valence-corrected chi connectivity index (χ1v) is 12.5. The Morgan fingerprint density at radius 2 is 1.73 bits per heavy atom. The largest absolute Gasteiger partial charge is 0.497 e. The molecule has 190 valence electrons. The van der Waals surface area contributed by atoms with Crippen molar-refractivity contribution in [2.24, 2.45) is 0 Å². The molecule has 0 saturated carbocycles. The van der Waals surface area contributed by atoms with Crippen molar-refractivity contribution in [3.63, 3.8) is 0 Å². The molecule has 0 radical (unpaired) electrons. The maximum Gasteiger partial charge on any atom is 0.276 e. The number of aromatic nitrogens is 1. The smallest absolute Gasteiger partial charge is 0.276 e. The van der Waals surface area contributed by atoms with Crippen molar-refractivity contribution in [2.45, 2.75) is 13.8 Å². The summed E-state index contributed by atoms with van der Waals surface area (Å²) < 4.78 is 13.7. The van der Waals surface area contributed by atoms with E-state index in [-0.39, 0.29) is 17.5 Å². The summed E-state index contributed by atoms with van der Waals surface area (Å²) in [5, 5.41) is 3.93. The molecular formula is C27H25BrN4O4S. The Hall–Kier alpha value is -3.89. The molecule has 3 N–H and O–H groups in total. The Labute approximate surface area is 228 Å². The number of halogens is 1. The van der Waals surface area contributed by atoms with Crippen molar-refractivity contribution < 1.29 is 19.1 Å². The minimum atomic E-state index is -0.428. The average molecular weight is 581 g/mol. The molecule has 0 aliphatic heterocycles. The Bertz CT molecular complexity index is 1470. The highest BCUT2D eigenvalue weighted by Crippen LogP contribution is 2.37. The van der Waals surface area contributed by atoms with E-state index in [2.05, 4.69) is 32.1 Å². The molecular weight excluding hydrogens is 556 g/mol. The first kappa shape index (κ1) is 26.2. The fourth-order valence-corrected chi connectivity index (χ4v) is 4.64. The lowest BCUT2D eigenvalue weighted by Crippen LogP contribution is -2.45. The number of ether oxygens (including phenoxy) is 2. The van der Waals surface area contributed by atoms with Crippen LogP contribution in [0.3, 0.4) is 0 Å². The SMILES string of the molecule is COc1ccc(-n2c(C)c(C(C)=O)c3cc(OCC(=O)NNC(=S)Nc4ccccc4)c(Br)cc32)cc1. The number of fused-ring (bicyclic) bond motifs is 1. The normalized spacial score (nSPS) is 10.6. The van der Waals surface area contributed by atoms with Gasteiger partial charge in [-0.25, -0.2) is 0 Å². The van der Waals surface area contributed by atoms with E-state index in [1.54, 1.807) is 13.2 Å². The lowest BCUT2D eigenvalue weighted by Gasteiger charge is -2.13. The summed E-state index contributed by atoms with van der Waals surface area (Å²) >= 11 is 8.73. The first-order chi connectivity index (χ1) is 17.8. The van der Waals surface area contributed by atoms with Crippen LogP contribution in [-0.4, -0.2) is 35.1 Å². The van der Waals surface area contributed by atoms with Gasteiger partial charge in [0, 0.05) is 28.0 Å². The molecule has 0 unspecified atom stereocenters. The highest BCUT2D eigenvalue weighted by molar-refractivity contribution is 9.10. The minimum absolute atomic E-state index is 0.0654. The Balaban J connectivity index is 1.51. The van der Waals surface area contributed by atoms with Crippen molar-refractivity contribution in [2.75, 3.05) is 19.0 Å². The molecule has 4 rings (SSSR count). The van der Waals surface area contributed by atoms with Crippen LogP contribution in [0, 0.1) is 6.92 Å². The van der Waals surface area contributed by atoms with Crippen LogP contribution in [0.2, 0.25) is 0 Å². The topological polar surface area (TPSA) is 93.6 Å². The van der Waals surface area contributed by atoms with Gasteiger partial charge in [-0.1, -0.05) is 18.2 Å². The first-order valence-electron chi connectivity index (χ1n) is 11.3. The molecule has 1 aromatic heterocycles. The number of anilines is 1. The second kappa shape index (κ2) is 11.4. The molecule has 0 bridgehead atoms. The maximum absolute atomic E-state index is 12.6. The van der Waals surface area contributed by atoms with Gasteiger partial charge in [0.25, 0.3) is 5.91 Å². The number of thiocarbonyl (C=S) groups is 1. The number of hydrazine groups is 1. The van der Waals surface area contributed by atoms with Gasteiger partial charge in [-0.3, -0.25) is 20.4 Å². The second-order valence-electron chi connectivity index (χ2n) is 8.13. The number of amides is 1. The predicted molar refractivity (Wildman–Crippen MR) is 152 cm³/mol. The molecule has 3 aromatic carbocycles. The fraction of sp³-hybridized carbons (Fsp3) is 0.148. The number of hydrogen-bond donors (Lipinski definition) is 3. The zero-order valence-corrected chi connectivity index (χ0v) is 22.8. The van der Waals surface area contributed by atoms with Crippen LogP contribution >= 0.6 is 28.1 Å². The minimum Gasteiger partial charge on any atom is -0.497 e. The molecule has 37 heavy (non-hydrogen) atoms. The van der Waals surface area contributed by atoms with Gasteiger partial charge in [-0.05, 0) is 90.5 Å². The van der Waals surface area contributed by atoms with E-state index in [0.29, 0.717) is 15.8 Å². The van der Waals surface area contributed by atoms with E-state index in [1.165, 1.54) is 6.92 Å². The van der Waals surface area contributed by atoms with Gasteiger partial charge < -0.3 is 19.4 Å². The zero-order chi connectivity index (χ0) is 26.5. The van der Waals surface area contributed by atoms with Crippen LogP contribution in [0.5, 0.6) is 11.5 Å². The summed E-state index contributed by atoms with van der Waals surface area (Å²) in [5.41, 5.74) is 9.05. The van der Waals surface area contributed by atoms with Gasteiger partial charge >= 0.3 is 0 Å². The summed E-state index contributed by atoms with van der Waals surface area (Å²) in [4.78, 5) is 24.9. The molecule has 1 amide bonds. The molecule has 0 aliphatic carbocycles. The summed E-state index contributed by atoms with van der Waals surface area (Å²) in [7, 11) is 1.62. The molecule has 8 nitrogen and oxygen atoms in total. The summed E-state index contributed by atoms with van der Waals surface area (Å²) in [6.45, 7) is 3.17. The van der Waals surface area contributed by atoms with Gasteiger partial charge in [-0.2, -0.15) is 0 Å². The van der Waals surface area contributed by atoms with Gasteiger partial charge in [0.1, 0.15) is 11.5 Å². The highest BCUT2D eigenvalue weighted by Gasteiger charge is 2.21. The summed E-state index contributed by atoms with van der Waals surface area (Å²) in [6.07, 6.45) is 0. The second-order valence-corrected chi connectivity index (χ2v) is 9.39. The molecule has 0 spiro atoms. The third kappa shape index (κ3) is 5.92. The number of rotatable bonds is 7. The van der Waals surface area contributed by atoms with Crippen LogP contribution in [0.15, 0.2) is 71.2 Å². The van der Waals surface area contributed by atoms with E-state index in [1.807, 2.05) is 72.2 Å². The Kier molecular flexibility index (Phi) is 8.10. The average Bonchev–Trinajstić information content (AvgIpc) is 3.17. The van der Waals surface area contributed by atoms with Gasteiger partial charge in [0.15, 0.2) is 17.5 Å². The van der Waals surface area contributed by atoms with Crippen molar-refractivity contribution in [1.29, 1.82) is 0 Å². The number of Topliss-reactive ketones (excluding diaryl/α,β-unsaturated/α-hetero) is 1. The zero-order valence-electron chi connectivity index (χ0n) is 20.4. The number of carbonyl (C=O) groups excluding carboxylic acids is 2. The van der Waals surface area contributed by atoms with Gasteiger partial charge in [-0.15, -0.1) is 0 Å². The van der Waals surface area contributed by atoms with Crippen molar-refractivity contribution in [1.82, 2.24) is 15.4 Å². The molecule has 0 fully saturated rings. The van der Waals surface area contributed by atoms with Crippen molar-refractivity contribution >= 4 is 61.5 Å². The van der Waals surface area contributed by atoms with Crippen LogP contribution < -0.4 is 25.6 Å². The van der Waals surface area contributed by atoms with Crippen molar-refractivity contribution in [3.05, 3.63) is 82.5 Å². The third-order valence-electron chi connectivity index (χ3n) is 5.65. The van der Waals surface area contributed by atoms with Gasteiger partial charge in [0.05, 0.1) is 17.1 Å². The monoisotopic (exact) mass is 580 g/mol.